The molecule has 1 atom stereocenters. The Morgan fingerprint density at radius 3 is 2.48 bits per heavy atom. The number of benzene rings is 2. The van der Waals surface area contributed by atoms with Gasteiger partial charge in [-0.05, 0) is 56.7 Å². The van der Waals surface area contributed by atoms with Crippen LogP contribution in [0.3, 0.4) is 0 Å². The van der Waals surface area contributed by atoms with Crippen molar-refractivity contribution in [2.75, 3.05) is 45.1 Å². The number of anilines is 3. The number of esters is 1. The topological polar surface area (TPSA) is 110 Å². The second-order valence-corrected chi connectivity index (χ2v) is 10.5. The fourth-order valence-corrected chi connectivity index (χ4v) is 4.63. The van der Waals surface area contributed by atoms with Crippen LogP contribution in [0.5, 0.6) is 5.88 Å². The molecular formula is C32H36F2N6O4. The van der Waals surface area contributed by atoms with Gasteiger partial charge in [-0.1, -0.05) is 18.2 Å². The zero-order valence-corrected chi connectivity index (χ0v) is 25.8. The highest BCUT2D eigenvalue weighted by Crippen LogP contribution is 2.34. The maximum atomic E-state index is 14.7. The van der Waals surface area contributed by atoms with Crippen molar-refractivity contribution in [2.45, 2.75) is 39.2 Å². The molecule has 2 heterocycles. The van der Waals surface area contributed by atoms with Crippen LogP contribution in [0.25, 0.3) is 10.9 Å². The molecule has 44 heavy (non-hydrogen) atoms. The van der Waals surface area contributed by atoms with E-state index in [9.17, 15) is 18.4 Å². The van der Waals surface area contributed by atoms with Crippen molar-refractivity contribution in [1.82, 2.24) is 19.9 Å². The molecule has 4 aromatic rings. The van der Waals surface area contributed by atoms with Crippen molar-refractivity contribution in [3.05, 3.63) is 77.2 Å². The number of aromatic nitrogens is 3. The molecule has 2 aromatic heterocycles. The van der Waals surface area contributed by atoms with Crippen LogP contribution in [0.4, 0.5) is 26.0 Å². The van der Waals surface area contributed by atoms with Gasteiger partial charge in [0, 0.05) is 49.4 Å². The summed E-state index contributed by atoms with van der Waals surface area (Å²) >= 11 is 0. The first-order valence-electron chi connectivity index (χ1n) is 14.0. The number of fused-ring (bicyclic) bond motifs is 1. The number of ether oxygens (including phenoxy) is 2. The van der Waals surface area contributed by atoms with Crippen LogP contribution in [-0.2, 0) is 26.7 Å². The van der Waals surface area contributed by atoms with Gasteiger partial charge < -0.3 is 24.6 Å². The molecule has 12 heteroatoms. The van der Waals surface area contributed by atoms with Crippen LogP contribution < -0.4 is 15.0 Å². The van der Waals surface area contributed by atoms with E-state index >= 15 is 0 Å². The van der Waals surface area contributed by atoms with Crippen LogP contribution in [0.2, 0.25) is 0 Å². The second-order valence-electron chi connectivity index (χ2n) is 10.5. The van der Waals surface area contributed by atoms with E-state index in [0.717, 1.165) is 11.4 Å². The Labute approximate surface area is 255 Å². The van der Waals surface area contributed by atoms with Crippen molar-refractivity contribution in [3.8, 4) is 5.88 Å². The molecule has 232 valence electrons. The molecule has 0 bridgehead atoms. The summed E-state index contributed by atoms with van der Waals surface area (Å²) in [7, 11) is 6.78. The first kappa shape index (κ1) is 32.1. The van der Waals surface area contributed by atoms with Crippen molar-refractivity contribution in [1.29, 1.82) is 0 Å². The molecule has 1 amide bonds. The Morgan fingerprint density at radius 1 is 1.05 bits per heavy atom. The van der Waals surface area contributed by atoms with Crippen LogP contribution in [-0.4, -0.2) is 66.6 Å². The minimum atomic E-state index is -3.78. The Hall–Kier alpha value is -4.87. The van der Waals surface area contributed by atoms with Crippen LogP contribution in [0.15, 0.2) is 54.7 Å². The zero-order valence-electron chi connectivity index (χ0n) is 25.8. The fraction of sp³-hybridized carbons (Fsp3) is 0.344. The summed E-state index contributed by atoms with van der Waals surface area (Å²) in [4.78, 5) is 41.3. The molecule has 0 saturated carbocycles. The Morgan fingerprint density at radius 2 is 1.80 bits per heavy atom. The zero-order chi connectivity index (χ0) is 32.2. The van der Waals surface area contributed by atoms with Gasteiger partial charge in [0.25, 0.3) is 0 Å². The lowest BCUT2D eigenvalue weighted by atomic mass is 10.0. The lowest BCUT2D eigenvalue weighted by Crippen LogP contribution is -2.28. The normalized spacial score (nSPS) is 12.0. The largest absolute Gasteiger partial charge is 0.481 e. The smallest absolute Gasteiger partial charge is 0.381 e. The summed E-state index contributed by atoms with van der Waals surface area (Å²) in [5, 5.41) is 4.05. The first-order valence-corrected chi connectivity index (χ1v) is 14.0. The highest BCUT2D eigenvalue weighted by Gasteiger charge is 2.42. The molecule has 1 N–H and O–H groups in total. The molecule has 0 fully saturated rings. The highest BCUT2D eigenvalue weighted by molar-refractivity contribution is 5.92. The molecule has 0 spiro atoms. The van der Waals surface area contributed by atoms with Crippen LogP contribution in [0.1, 0.15) is 42.4 Å². The average molecular weight is 607 g/mol. The number of rotatable bonds is 11. The van der Waals surface area contributed by atoms with Crippen LogP contribution >= 0.6 is 0 Å². The van der Waals surface area contributed by atoms with Crippen molar-refractivity contribution in [3.63, 3.8) is 0 Å². The molecule has 0 aliphatic rings. The number of likely N-dealkylation sites (N-methyl/N-ethyl adjacent to an activating group) is 1. The summed E-state index contributed by atoms with van der Waals surface area (Å²) in [5.74, 6) is -4.02. The Bertz CT molecular complexity index is 1680. The lowest BCUT2D eigenvalue weighted by molar-refractivity contribution is -0.173. The third kappa shape index (κ3) is 6.85. The van der Waals surface area contributed by atoms with E-state index < -0.39 is 23.5 Å². The number of nitrogens with one attached hydrogen (secondary N) is 1. The predicted molar refractivity (Wildman–Crippen MR) is 165 cm³/mol. The molecule has 0 saturated heterocycles. The molecular weight excluding hydrogens is 570 g/mol. The molecule has 0 aliphatic carbocycles. The number of amides is 1. The van der Waals surface area contributed by atoms with Gasteiger partial charge in [-0.3, -0.25) is 4.79 Å². The lowest BCUT2D eigenvalue weighted by Gasteiger charge is -2.22. The molecule has 10 nitrogen and oxygen atoms in total. The van der Waals surface area contributed by atoms with E-state index in [-0.39, 0.29) is 18.9 Å². The number of nitrogens with zero attached hydrogens (tertiary/aromatic N) is 5. The van der Waals surface area contributed by atoms with Gasteiger partial charge in [-0.2, -0.15) is 8.78 Å². The SMILES string of the molecule is CCOC(=O)C(F)(F)c1cccc([C@@H](C)Nc2nc(C)nc3ccc(N(C)c4cnc(OC)c(CC(=O)N(C)C)c4)cc23)c1. The third-order valence-corrected chi connectivity index (χ3v) is 7.14. The molecule has 0 radical (unpaired) electrons. The van der Waals surface area contributed by atoms with Gasteiger partial charge in [0.15, 0.2) is 0 Å². The fourth-order valence-electron chi connectivity index (χ4n) is 4.63. The standard InChI is InChI=1S/C32H36F2N6O4/c1-8-44-31(42)32(33,34)23-11-9-10-21(14-23)19(2)36-29-26-17-24(12-13-27(26)37-20(3)38-29)40(6)25-15-22(16-28(41)39(4)5)30(43-7)35-18-25/h9-15,17-19H,8,16H2,1-7H3,(H,36,37,38)/t19-/m1/s1. The van der Waals surface area contributed by atoms with E-state index in [2.05, 4.69) is 25.0 Å². The summed E-state index contributed by atoms with van der Waals surface area (Å²) in [6.07, 6.45) is 1.80. The molecule has 0 unspecified atom stereocenters. The summed E-state index contributed by atoms with van der Waals surface area (Å²) in [6.45, 7) is 4.93. The first-order chi connectivity index (χ1) is 20.8. The number of methoxy groups -OCH3 is 1. The van der Waals surface area contributed by atoms with E-state index in [1.165, 1.54) is 37.1 Å². The number of pyridine rings is 1. The van der Waals surface area contributed by atoms with E-state index in [0.29, 0.717) is 39.6 Å². The Balaban J connectivity index is 1.66. The number of halogens is 2. The number of alkyl halides is 2. The highest BCUT2D eigenvalue weighted by atomic mass is 19.3. The average Bonchev–Trinajstić information content (AvgIpc) is 3.00. The van der Waals surface area contributed by atoms with Gasteiger partial charge in [-0.15, -0.1) is 0 Å². The number of hydrogen-bond acceptors (Lipinski definition) is 9. The monoisotopic (exact) mass is 606 g/mol. The van der Waals surface area contributed by atoms with E-state index in [1.807, 2.05) is 43.1 Å². The van der Waals surface area contributed by atoms with E-state index in [4.69, 9.17) is 4.74 Å². The summed E-state index contributed by atoms with van der Waals surface area (Å²) in [6, 6.07) is 12.8. The minimum Gasteiger partial charge on any atom is -0.481 e. The number of carbonyl (C=O) groups excluding carboxylic acids is 2. The molecule has 2 aromatic carbocycles. The summed E-state index contributed by atoms with van der Waals surface area (Å²) in [5.41, 5.74) is 2.97. The molecule has 4 rings (SSSR count). The number of aryl methyl sites for hydroxylation is 1. The minimum absolute atomic E-state index is 0.0805. The maximum absolute atomic E-state index is 14.7. The number of carbonyl (C=O) groups is 2. The second kappa shape index (κ2) is 13.2. The van der Waals surface area contributed by atoms with E-state index in [1.54, 1.807) is 33.3 Å². The summed E-state index contributed by atoms with van der Waals surface area (Å²) < 4.78 is 39.4. The van der Waals surface area contributed by atoms with Gasteiger partial charge in [0.2, 0.25) is 11.8 Å². The number of hydrogen-bond donors (Lipinski definition) is 1. The third-order valence-electron chi connectivity index (χ3n) is 7.14. The maximum Gasteiger partial charge on any atom is 0.381 e. The van der Waals surface area contributed by atoms with Gasteiger partial charge in [-0.25, -0.2) is 19.7 Å². The van der Waals surface area contributed by atoms with Crippen molar-refractivity contribution in [2.24, 2.45) is 0 Å². The quantitative estimate of drug-likeness (QED) is 0.219. The van der Waals surface area contributed by atoms with Crippen LogP contribution in [0, 0.1) is 6.92 Å². The van der Waals surface area contributed by atoms with Gasteiger partial charge in [0.05, 0.1) is 37.5 Å². The molecule has 0 aliphatic heterocycles. The van der Waals surface area contributed by atoms with Crippen molar-refractivity contribution < 1.29 is 27.8 Å². The predicted octanol–water partition coefficient (Wildman–Crippen LogP) is 5.57. The Kier molecular flexibility index (Phi) is 9.61. The van der Waals surface area contributed by atoms with Gasteiger partial charge >= 0.3 is 11.9 Å². The van der Waals surface area contributed by atoms with Crippen molar-refractivity contribution >= 4 is 40.0 Å². The van der Waals surface area contributed by atoms with Gasteiger partial charge in [0.1, 0.15) is 11.6 Å².